The number of benzene rings is 2. The maximum absolute atomic E-state index is 9.64. The molecular weight excluding hydrogens is 264 g/mol. The van der Waals surface area contributed by atoms with Gasteiger partial charge in [-0.1, -0.05) is 18.2 Å². The van der Waals surface area contributed by atoms with E-state index < -0.39 is 0 Å². The quantitative estimate of drug-likeness (QED) is 0.767. The van der Waals surface area contributed by atoms with Crippen molar-refractivity contribution in [2.45, 2.75) is 6.54 Å². The van der Waals surface area contributed by atoms with Crippen LogP contribution in [0, 0.1) is 0 Å². The Morgan fingerprint density at radius 2 is 2.05 bits per heavy atom. The Morgan fingerprint density at radius 3 is 2.90 bits per heavy atom. The second-order valence-corrected chi connectivity index (χ2v) is 4.77. The fourth-order valence-electron chi connectivity index (χ4n) is 2.27. The fraction of sp³-hybridized carbons (Fsp3) is 0.118. The molecule has 0 saturated heterocycles. The van der Waals surface area contributed by atoms with Gasteiger partial charge in [0.2, 0.25) is 0 Å². The van der Waals surface area contributed by atoms with Crippen molar-refractivity contribution in [2.24, 2.45) is 0 Å². The lowest BCUT2D eigenvalue weighted by molar-refractivity contribution is 0.414. The Morgan fingerprint density at radius 1 is 1.14 bits per heavy atom. The molecule has 4 nitrogen and oxygen atoms in total. The van der Waals surface area contributed by atoms with Gasteiger partial charge in [-0.25, -0.2) is 4.98 Å². The summed E-state index contributed by atoms with van der Waals surface area (Å²) in [5.41, 5.74) is 1.10. The first-order chi connectivity index (χ1) is 10.3. The smallest absolute Gasteiger partial charge is 0.134 e. The lowest BCUT2D eigenvalue weighted by Crippen LogP contribution is -2.02. The number of phenols is 1. The Bertz CT molecular complexity index is 772. The van der Waals surface area contributed by atoms with Crippen LogP contribution in [0.25, 0.3) is 10.8 Å². The molecule has 0 unspecified atom stereocenters. The first-order valence-corrected chi connectivity index (χ1v) is 6.71. The number of hydrogen-bond acceptors (Lipinski definition) is 4. The SMILES string of the molecule is COc1cccc(CNc2nccc3ccc(O)cc23)c1. The van der Waals surface area contributed by atoms with Crippen molar-refractivity contribution in [1.29, 1.82) is 0 Å². The number of pyridine rings is 1. The molecule has 0 spiro atoms. The largest absolute Gasteiger partial charge is 0.508 e. The summed E-state index contributed by atoms with van der Waals surface area (Å²) in [5, 5.41) is 14.9. The second-order valence-electron chi connectivity index (χ2n) is 4.77. The summed E-state index contributed by atoms with van der Waals surface area (Å²) in [6, 6.07) is 15.1. The second kappa shape index (κ2) is 5.71. The minimum atomic E-state index is 0.236. The highest BCUT2D eigenvalue weighted by atomic mass is 16.5. The summed E-state index contributed by atoms with van der Waals surface area (Å²) in [4.78, 5) is 4.35. The summed E-state index contributed by atoms with van der Waals surface area (Å²) >= 11 is 0. The van der Waals surface area contributed by atoms with Gasteiger partial charge in [0.25, 0.3) is 0 Å². The number of anilines is 1. The monoisotopic (exact) mass is 280 g/mol. The van der Waals surface area contributed by atoms with Gasteiger partial charge in [0.05, 0.1) is 7.11 Å². The number of phenolic OH excluding ortho intramolecular Hbond substituents is 1. The van der Waals surface area contributed by atoms with Crippen molar-refractivity contribution < 1.29 is 9.84 Å². The van der Waals surface area contributed by atoms with Crippen molar-refractivity contribution in [1.82, 2.24) is 4.98 Å². The highest BCUT2D eigenvalue weighted by Gasteiger charge is 2.04. The van der Waals surface area contributed by atoms with Crippen molar-refractivity contribution >= 4 is 16.6 Å². The van der Waals surface area contributed by atoms with E-state index in [1.54, 1.807) is 25.4 Å². The summed E-state index contributed by atoms with van der Waals surface area (Å²) in [6.45, 7) is 0.638. The molecule has 0 aliphatic heterocycles. The fourth-order valence-corrected chi connectivity index (χ4v) is 2.27. The number of rotatable bonds is 4. The Kier molecular flexibility index (Phi) is 3.60. The topological polar surface area (TPSA) is 54.4 Å². The molecule has 106 valence electrons. The Hall–Kier alpha value is -2.75. The van der Waals surface area contributed by atoms with E-state index in [0.29, 0.717) is 6.54 Å². The van der Waals surface area contributed by atoms with Gasteiger partial charge < -0.3 is 15.2 Å². The van der Waals surface area contributed by atoms with Crippen molar-refractivity contribution in [2.75, 3.05) is 12.4 Å². The van der Waals surface area contributed by atoms with Crippen molar-refractivity contribution in [3.63, 3.8) is 0 Å². The number of aromatic nitrogens is 1. The molecular formula is C17H16N2O2. The van der Waals surface area contributed by atoms with E-state index in [1.807, 2.05) is 36.4 Å². The minimum Gasteiger partial charge on any atom is -0.508 e. The average molecular weight is 280 g/mol. The van der Waals surface area contributed by atoms with E-state index in [4.69, 9.17) is 4.74 Å². The number of fused-ring (bicyclic) bond motifs is 1. The first-order valence-electron chi connectivity index (χ1n) is 6.71. The van der Waals surface area contributed by atoms with Crippen LogP contribution in [0.5, 0.6) is 11.5 Å². The van der Waals surface area contributed by atoms with E-state index in [9.17, 15) is 5.11 Å². The number of nitrogens with zero attached hydrogens (tertiary/aromatic N) is 1. The molecule has 0 aliphatic rings. The summed E-state index contributed by atoms with van der Waals surface area (Å²) in [5.74, 6) is 1.82. The van der Waals surface area contributed by atoms with Gasteiger partial charge in [0.15, 0.2) is 0 Å². The highest BCUT2D eigenvalue weighted by molar-refractivity contribution is 5.92. The molecule has 0 radical (unpaired) electrons. The molecule has 0 atom stereocenters. The lowest BCUT2D eigenvalue weighted by atomic mass is 10.1. The van der Waals surface area contributed by atoms with Crippen molar-refractivity contribution in [3.05, 3.63) is 60.3 Å². The normalized spacial score (nSPS) is 10.5. The van der Waals surface area contributed by atoms with E-state index in [-0.39, 0.29) is 5.75 Å². The van der Waals surface area contributed by atoms with Gasteiger partial charge in [-0.05, 0) is 41.3 Å². The van der Waals surface area contributed by atoms with Gasteiger partial charge in [0, 0.05) is 18.1 Å². The van der Waals surface area contributed by atoms with E-state index in [1.165, 1.54) is 0 Å². The zero-order valence-corrected chi connectivity index (χ0v) is 11.7. The third-order valence-corrected chi connectivity index (χ3v) is 3.34. The maximum atomic E-state index is 9.64. The molecule has 0 aliphatic carbocycles. The van der Waals surface area contributed by atoms with Crippen LogP contribution in [-0.4, -0.2) is 17.2 Å². The molecule has 0 amide bonds. The van der Waals surface area contributed by atoms with E-state index in [2.05, 4.69) is 10.3 Å². The van der Waals surface area contributed by atoms with Gasteiger partial charge in [-0.2, -0.15) is 0 Å². The van der Waals surface area contributed by atoms with Crippen LogP contribution in [0.3, 0.4) is 0 Å². The van der Waals surface area contributed by atoms with Crippen LogP contribution in [0.15, 0.2) is 54.7 Å². The number of hydrogen-bond donors (Lipinski definition) is 2. The zero-order valence-electron chi connectivity index (χ0n) is 11.7. The van der Waals surface area contributed by atoms with E-state index >= 15 is 0 Å². The van der Waals surface area contributed by atoms with Crippen LogP contribution in [0.2, 0.25) is 0 Å². The molecule has 4 heteroatoms. The molecule has 2 N–H and O–H groups in total. The van der Waals surface area contributed by atoms with Crippen LogP contribution in [0.4, 0.5) is 5.82 Å². The Labute approximate surface area is 123 Å². The number of aromatic hydroxyl groups is 1. The third-order valence-electron chi connectivity index (χ3n) is 3.34. The molecule has 3 rings (SSSR count). The first kappa shape index (κ1) is 13.2. The predicted octanol–water partition coefficient (Wildman–Crippen LogP) is 3.56. The highest BCUT2D eigenvalue weighted by Crippen LogP contribution is 2.25. The van der Waals surface area contributed by atoms with Crippen LogP contribution < -0.4 is 10.1 Å². The van der Waals surface area contributed by atoms with Crippen molar-refractivity contribution in [3.8, 4) is 11.5 Å². The van der Waals surface area contributed by atoms with Crippen LogP contribution in [-0.2, 0) is 6.54 Å². The summed E-state index contributed by atoms with van der Waals surface area (Å²) in [6.07, 6.45) is 1.76. The summed E-state index contributed by atoms with van der Waals surface area (Å²) in [7, 11) is 1.65. The predicted molar refractivity (Wildman–Crippen MR) is 83.7 cm³/mol. The zero-order chi connectivity index (χ0) is 14.7. The molecule has 0 fully saturated rings. The van der Waals surface area contributed by atoms with Gasteiger partial charge in [-0.3, -0.25) is 0 Å². The van der Waals surface area contributed by atoms with Crippen LogP contribution >= 0.6 is 0 Å². The van der Waals surface area contributed by atoms with E-state index in [0.717, 1.165) is 27.9 Å². The minimum absolute atomic E-state index is 0.236. The molecule has 0 saturated carbocycles. The molecule has 3 aromatic rings. The molecule has 0 bridgehead atoms. The number of methoxy groups -OCH3 is 1. The molecule has 21 heavy (non-hydrogen) atoms. The maximum Gasteiger partial charge on any atom is 0.134 e. The third kappa shape index (κ3) is 2.89. The number of ether oxygens (including phenoxy) is 1. The summed E-state index contributed by atoms with van der Waals surface area (Å²) < 4.78 is 5.22. The van der Waals surface area contributed by atoms with Gasteiger partial charge >= 0.3 is 0 Å². The standard InChI is InChI=1S/C17H16N2O2/c1-21-15-4-2-3-12(9-15)11-19-17-16-10-14(20)6-5-13(16)7-8-18-17/h2-10,20H,11H2,1H3,(H,18,19). The Balaban J connectivity index is 1.86. The molecule has 2 aromatic carbocycles. The number of nitrogens with one attached hydrogen (secondary N) is 1. The lowest BCUT2D eigenvalue weighted by Gasteiger charge is -2.10. The van der Waals surface area contributed by atoms with Gasteiger partial charge in [0.1, 0.15) is 17.3 Å². The average Bonchev–Trinajstić information content (AvgIpc) is 2.53. The van der Waals surface area contributed by atoms with Gasteiger partial charge in [-0.15, -0.1) is 0 Å². The molecule has 1 heterocycles. The van der Waals surface area contributed by atoms with Crippen LogP contribution in [0.1, 0.15) is 5.56 Å². The molecule has 1 aromatic heterocycles.